The molecule has 3 aromatic rings. The highest BCUT2D eigenvalue weighted by Crippen LogP contribution is 2.32. The van der Waals surface area contributed by atoms with Crippen molar-refractivity contribution in [2.45, 2.75) is 13.3 Å². The number of aromatic amines is 1. The first-order valence-electron chi connectivity index (χ1n) is 9.64. The van der Waals surface area contributed by atoms with E-state index in [0.29, 0.717) is 19.8 Å². The van der Waals surface area contributed by atoms with Crippen molar-refractivity contribution in [2.24, 2.45) is 0 Å². The molecule has 4 rings (SSSR count). The van der Waals surface area contributed by atoms with Gasteiger partial charge in [-0.15, -0.1) is 0 Å². The van der Waals surface area contributed by atoms with E-state index in [2.05, 4.69) is 10.3 Å². The van der Waals surface area contributed by atoms with Crippen LogP contribution in [0.2, 0.25) is 0 Å². The SMILES string of the molecule is COc1ccc2c(CCNC(=O)C=C(C)c3ccc4c(c3)OCCO4)c[nH]c2c1. The van der Waals surface area contributed by atoms with Crippen LogP contribution in [0.4, 0.5) is 0 Å². The quantitative estimate of drug-likeness (QED) is 0.628. The van der Waals surface area contributed by atoms with Crippen molar-refractivity contribution in [3.05, 3.63) is 59.8 Å². The average Bonchev–Trinajstić information content (AvgIpc) is 3.15. The average molecular weight is 392 g/mol. The Morgan fingerprint density at radius 2 is 2.00 bits per heavy atom. The van der Waals surface area contributed by atoms with Crippen molar-refractivity contribution < 1.29 is 19.0 Å². The van der Waals surface area contributed by atoms with Crippen LogP contribution >= 0.6 is 0 Å². The minimum atomic E-state index is -0.112. The summed E-state index contributed by atoms with van der Waals surface area (Å²) in [4.78, 5) is 15.6. The zero-order chi connectivity index (χ0) is 20.2. The number of hydrogen-bond donors (Lipinski definition) is 2. The molecule has 2 aromatic carbocycles. The topological polar surface area (TPSA) is 72.6 Å². The van der Waals surface area contributed by atoms with Gasteiger partial charge in [-0.2, -0.15) is 0 Å². The van der Waals surface area contributed by atoms with Gasteiger partial charge in [-0.05, 0) is 54.3 Å². The predicted molar refractivity (Wildman–Crippen MR) is 113 cm³/mol. The van der Waals surface area contributed by atoms with Gasteiger partial charge in [0.1, 0.15) is 19.0 Å². The Morgan fingerprint density at radius 1 is 1.17 bits per heavy atom. The molecule has 1 aliphatic heterocycles. The van der Waals surface area contributed by atoms with E-state index in [4.69, 9.17) is 14.2 Å². The molecule has 2 heterocycles. The van der Waals surface area contributed by atoms with Crippen molar-refractivity contribution in [1.82, 2.24) is 10.3 Å². The third-order valence-corrected chi connectivity index (χ3v) is 5.01. The Balaban J connectivity index is 1.36. The van der Waals surface area contributed by atoms with Crippen LogP contribution in [0.3, 0.4) is 0 Å². The molecule has 0 radical (unpaired) electrons. The molecule has 0 bridgehead atoms. The largest absolute Gasteiger partial charge is 0.497 e. The van der Waals surface area contributed by atoms with Crippen molar-refractivity contribution in [3.8, 4) is 17.2 Å². The van der Waals surface area contributed by atoms with Crippen LogP contribution in [0.5, 0.6) is 17.2 Å². The number of benzene rings is 2. The van der Waals surface area contributed by atoms with Crippen LogP contribution < -0.4 is 19.5 Å². The fraction of sp³-hybridized carbons (Fsp3) is 0.261. The molecule has 29 heavy (non-hydrogen) atoms. The Bertz CT molecular complexity index is 1070. The van der Waals surface area contributed by atoms with Crippen LogP contribution in [-0.2, 0) is 11.2 Å². The zero-order valence-electron chi connectivity index (χ0n) is 16.6. The predicted octanol–water partition coefficient (Wildman–Crippen LogP) is 3.71. The fourth-order valence-electron chi connectivity index (χ4n) is 3.44. The van der Waals surface area contributed by atoms with E-state index in [9.17, 15) is 4.79 Å². The molecule has 0 unspecified atom stereocenters. The number of nitrogens with one attached hydrogen (secondary N) is 2. The van der Waals surface area contributed by atoms with Crippen molar-refractivity contribution in [1.29, 1.82) is 0 Å². The number of ether oxygens (including phenoxy) is 3. The molecule has 1 aliphatic rings. The van der Waals surface area contributed by atoms with Gasteiger partial charge in [0.25, 0.3) is 0 Å². The van der Waals surface area contributed by atoms with Crippen molar-refractivity contribution in [2.75, 3.05) is 26.9 Å². The minimum absolute atomic E-state index is 0.112. The lowest BCUT2D eigenvalue weighted by Gasteiger charge is -2.19. The van der Waals surface area contributed by atoms with Crippen molar-refractivity contribution >= 4 is 22.4 Å². The normalized spacial score (nSPS) is 13.4. The summed E-state index contributed by atoms with van der Waals surface area (Å²) >= 11 is 0. The summed E-state index contributed by atoms with van der Waals surface area (Å²) in [5.41, 5.74) is 4.00. The van der Waals surface area contributed by atoms with E-state index in [0.717, 1.165) is 51.3 Å². The number of amides is 1. The number of fused-ring (bicyclic) bond motifs is 2. The monoisotopic (exact) mass is 392 g/mol. The van der Waals surface area contributed by atoms with E-state index >= 15 is 0 Å². The molecular formula is C23H24N2O4. The summed E-state index contributed by atoms with van der Waals surface area (Å²) in [7, 11) is 1.65. The van der Waals surface area contributed by atoms with E-state index in [1.165, 1.54) is 0 Å². The second-order valence-corrected chi connectivity index (χ2v) is 6.95. The molecule has 2 N–H and O–H groups in total. The van der Waals surface area contributed by atoms with Crippen molar-refractivity contribution in [3.63, 3.8) is 0 Å². The summed E-state index contributed by atoms with van der Waals surface area (Å²) in [6.07, 6.45) is 4.34. The van der Waals surface area contributed by atoms with Crippen LogP contribution in [0, 0.1) is 0 Å². The Hall–Kier alpha value is -3.41. The van der Waals surface area contributed by atoms with Gasteiger partial charge in [0.05, 0.1) is 7.11 Å². The molecule has 6 heteroatoms. The maximum absolute atomic E-state index is 12.3. The second-order valence-electron chi connectivity index (χ2n) is 6.95. The maximum atomic E-state index is 12.3. The van der Waals surface area contributed by atoms with Gasteiger partial charge in [-0.25, -0.2) is 0 Å². The van der Waals surface area contributed by atoms with Gasteiger partial charge >= 0.3 is 0 Å². The second kappa shape index (κ2) is 8.31. The Morgan fingerprint density at radius 3 is 2.83 bits per heavy atom. The molecule has 150 valence electrons. The third-order valence-electron chi connectivity index (χ3n) is 5.01. The van der Waals surface area contributed by atoms with Gasteiger partial charge in [-0.1, -0.05) is 6.07 Å². The number of aromatic nitrogens is 1. The molecular weight excluding hydrogens is 368 g/mol. The molecule has 0 saturated carbocycles. The number of carbonyl (C=O) groups excluding carboxylic acids is 1. The molecule has 1 aromatic heterocycles. The van der Waals surface area contributed by atoms with Crippen LogP contribution in [0.1, 0.15) is 18.1 Å². The summed E-state index contributed by atoms with van der Waals surface area (Å²) in [6, 6.07) is 11.7. The van der Waals surface area contributed by atoms with E-state index < -0.39 is 0 Å². The highest BCUT2D eigenvalue weighted by Gasteiger charge is 2.12. The van der Waals surface area contributed by atoms with Crippen LogP contribution in [0.25, 0.3) is 16.5 Å². The standard InChI is InChI=1S/C23H24N2O4/c1-15(16-3-6-21-22(12-16)29-10-9-28-21)11-23(26)24-8-7-17-14-25-20-13-18(27-2)4-5-19(17)20/h3-6,11-14,25H,7-10H2,1-2H3,(H,24,26). The number of allylic oxidation sites excluding steroid dienone is 1. The number of hydrogen-bond acceptors (Lipinski definition) is 4. The smallest absolute Gasteiger partial charge is 0.244 e. The Labute approximate surface area is 169 Å². The molecule has 0 saturated heterocycles. The first-order valence-corrected chi connectivity index (χ1v) is 9.64. The molecule has 0 aliphatic carbocycles. The van der Waals surface area contributed by atoms with Gasteiger partial charge in [0.15, 0.2) is 11.5 Å². The molecule has 6 nitrogen and oxygen atoms in total. The molecule has 1 amide bonds. The summed E-state index contributed by atoms with van der Waals surface area (Å²) in [6.45, 7) is 3.58. The van der Waals surface area contributed by atoms with Gasteiger partial charge in [0, 0.05) is 35.8 Å². The fourth-order valence-corrected chi connectivity index (χ4v) is 3.44. The van der Waals surface area contributed by atoms with Gasteiger partial charge in [-0.3, -0.25) is 4.79 Å². The third kappa shape index (κ3) is 4.21. The molecule has 0 spiro atoms. The molecule has 0 atom stereocenters. The zero-order valence-corrected chi connectivity index (χ0v) is 16.6. The van der Waals surface area contributed by atoms with Gasteiger partial charge < -0.3 is 24.5 Å². The number of rotatable bonds is 6. The highest BCUT2D eigenvalue weighted by atomic mass is 16.6. The van der Waals surface area contributed by atoms with Crippen LogP contribution in [-0.4, -0.2) is 37.8 Å². The lowest BCUT2D eigenvalue weighted by atomic mass is 10.1. The lowest BCUT2D eigenvalue weighted by Crippen LogP contribution is -2.23. The maximum Gasteiger partial charge on any atom is 0.244 e. The Kier molecular flexibility index (Phi) is 5.42. The first kappa shape index (κ1) is 18.9. The number of carbonyl (C=O) groups is 1. The summed E-state index contributed by atoms with van der Waals surface area (Å²) < 4.78 is 16.4. The molecule has 0 fully saturated rings. The summed E-state index contributed by atoms with van der Waals surface area (Å²) in [5.74, 6) is 2.17. The number of methoxy groups -OCH3 is 1. The van der Waals surface area contributed by atoms with E-state index in [1.807, 2.05) is 49.5 Å². The van der Waals surface area contributed by atoms with Crippen LogP contribution in [0.15, 0.2) is 48.7 Å². The lowest BCUT2D eigenvalue weighted by molar-refractivity contribution is -0.116. The highest BCUT2D eigenvalue weighted by molar-refractivity contribution is 5.95. The van der Waals surface area contributed by atoms with Gasteiger partial charge in [0.2, 0.25) is 5.91 Å². The number of H-pyrrole nitrogens is 1. The minimum Gasteiger partial charge on any atom is -0.497 e. The van der Waals surface area contributed by atoms with E-state index in [-0.39, 0.29) is 5.91 Å². The first-order chi connectivity index (χ1) is 14.1. The summed E-state index contributed by atoms with van der Waals surface area (Å²) in [5, 5.41) is 4.10. The van der Waals surface area contributed by atoms with E-state index in [1.54, 1.807) is 13.2 Å².